The van der Waals surface area contributed by atoms with Crippen molar-refractivity contribution in [1.29, 1.82) is 0 Å². The highest BCUT2D eigenvalue weighted by Gasteiger charge is 2.26. The average molecular weight is 469 g/mol. The van der Waals surface area contributed by atoms with Crippen molar-refractivity contribution in [3.63, 3.8) is 0 Å². The highest BCUT2D eigenvalue weighted by molar-refractivity contribution is 7.91. The maximum Gasteiger partial charge on any atom is 0.287 e. The molecule has 0 radical (unpaired) electrons. The Hall–Kier alpha value is -2.94. The van der Waals surface area contributed by atoms with E-state index in [9.17, 15) is 13.2 Å². The molecule has 1 aliphatic rings. The molecule has 174 valence electrons. The number of carbonyl (C=O) groups is 1. The fourth-order valence-electron chi connectivity index (χ4n) is 3.83. The molecule has 1 aliphatic heterocycles. The van der Waals surface area contributed by atoms with E-state index < -0.39 is 15.7 Å². The predicted molar refractivity (Wildman–Crippen MR) is 124 cm³/mol. The molecule has 4 rings (SSSR count). The van der Waals surface area contributed by atoms with E-state index in [1.165, 1.54) is 29.8 Å². The van der Waals surface area contributed by atoms with Crippen LogP contribution in [0, 0.1) is 13.8 Å². The van der Waals surface area contributed by atoms with Crippen LogP contribution in [0.1, 0.15) is 33.3 Å². The van der Waals surface area contributed by atoms with Gasteiger partial charge in [0.25, 0.3) is 5.91 Å². The van der Waals surface area contributed by atoms with E-state index in [1.54, 1.807) is 12.1 Å². The number of morpholine rings is 1. The maximum absolute atomic E-state index is 12.8. The Balaban J connectivity index is 1.48. The minimum absolute atomic E-state index is 0.0239. The maximum atomic E-state index is 12.8. The fraction of sp³-hybridized carbons (Fsp3) is 0.320. The largest absolute Gasteiger partial charge is 0.439 e. The van der Waals surface area contributed by atoms with Crippen LogP contribution in [0.3, 0.4) is 0 Å². The standard InChI is InChI=1S/C25H28N2O5S/c1-18-3-7-20(8-4-18)22(27-13-15-31-16-14-27)17-26-25(28)23-11-12-24(32-23)33(29,30)21-9-5-19(2)6-10-21/h3-12,22H,13-17H2,1-2H3,(H,26,28). The summed E-state index contributed by atoms with van der Waals surface area (Å²) < 4.78 is 36.6. The molecule has 1 atom stereocenters. The van der Waals surface area contributed by atoms with Gasteiger partial charge in [0.15, 0.2) is 5.76 Å². The van der Waals surface area contributed by atoms with E-state index >= 15 is 0 Å². The predicted octanol–water partition coefficient (Wildman–Crippen LogP) is 3.53. The highest BCUT2D eigenvalue weighted by Crippen LogP contribution is 2.24. The van der Waals surface area contributed by atoms with Crippen molar-refractivity contribution in [2.75, 3.05) is 32.8 Å². The minimum Gasteiger partial charge on any atom is -0.439 e. The summed E-state index contributed by atoms with van der Waals surface area (Å²) in [5.74, 6) is -0.490. The SMILES string of the molecule is Cc1ccc(C(CNC(=O)c2ccc(S(=O)(=O)c3ccc(C)cc3)o2)N2CCOCC2)cc1. The molecule has 0 spiro atoms. The summed E-state index contributed by atoms with van der Waals surface area (Å²) in [7, 11) is -3.83. The smallest absolute Gasteiger partial charge is 0.287 e. The topological polar surface area (TPSA) is 88.8 Å². The first-order valence-electron chi connectivity index (χ1n) is 10.9. The lowest BCUT2D eigenvalue weighted by Gasteiger charge is -2.35. The van der Waals surface area contributed by atoms with Crippen molar-refractivity contribution in [2.45, 2.75) is 29.9 Å². The number of nitrogens with one attached hydrogen (secondary N) is 1. The zero-order valence-corrected chi connectivity index (χ0v) is 19.6. The van der Waals surface area contributed by atoms with Gasteiger partial charge in [-0.05, 0) is 43.7 Å². The van der Waals surface area contributed by atoms with E-state index in [0.717, 1.165) is 24.2 Å². The Labute approximate surface area is 194 Å². The minimum atomic E-state index is -3.83. The molecule has 0 bridgehead atoms. The molecule has 1 fully saturated rings. The highest BCUT2D eigenvalue weighted by atomic mass is 32.2. The van der Waals surface area contributed by atoms with Crippen LogP contribution < -0.4 is 5.32 Å². The molecule has 0 aliphatic carbocycles. The molecule has 1 saturated heterocycles. The lowest BCUT2D eigenvalue weighted by atomic mass is 10.0. The van der Waals surface area contributed by atoms with Gasteiger partial charge < -0.3 is 14.5 Å². The molecular weight excluding hydrogens is 440 g/mol. The van der Waals surface area contributed by atoms with Gasteiger partial charge >= 0.3 is 0 Å². The summed E-state index contributed by atoms with van der Waals surface area (Å²) in [4.78, 5) is 15.2. The number of carbonyl (C=O) groups excluding carboxylic acids is 1. The van der Waals surface area contributed by atoms with E-state index in [0.29, 0.717) is 19.8 Å². The first kappa shape index (κ1) is 23.2. The van der Waals surface area contributed by atoms with Crippen LogP contribution in [-0.2, 0) is 14.6 Å². The van der Waals surface area contributed by atoms with Crippen LogP contribution in [0.2, 0.25) is 0 Å². The summed E-state index contributed by atoms with van der Waals surface area (Å²) in [6, 6.07) is 17.4. The summed E-state index contributed by atoms with van der Waals surface area (Å²) in [6.45, 7) is 7.12. The third kappa shape index (κ3) is 5.35. The van der Waals surface area contributed by atoms with Gasteiger partial charge in [0.1, 0.15) is 0 Å². The third-order valence-electron chi connectivity index (χ3n) is 5.81. The van der Waals surface area contributed by atoms with Crippen LogP contribution in [-0.4, -0.2) is 52.1 Å². The molecule has 2 aromatic carbocycles. The molecule has 8 heteroatoms. The number of hydrogen-bond acceptors (Lipinski definition) is 6. The fourth-order valence-corrected chi connectivity index (χ4v) is 5.01. The van der Waals surface area contributed by atoms with E-state index in [-0.39, 0.29) is 21.8 Å². The second-order valence-electron chi connectivity index (χ2n) is 8.22. The normalized spacial score (nSPS) is 15.8. The van der Waals surface area contributed by atoms with E-state index in [4.69, 9.17) is 9.15 Å². The summed E-state index contributed by atoms with van der Waals surface area (Å²) in [5, 5.41) is 2.66. The lowest BCUT2D eigenvalue weighted by Crippen LogP contribution is -2.43. The van der Waals surface area contributed by atoms with Crippen molar-refractivity contribution in [2.24, 2.45) is 0 Å². The molecule has 1 aromatic heterocycles. The molecule has 7 nitrogen and oxygen atoms in total. The molecular formula is C25H28N2O5S. The van der Waals surface area contributed by atoms with E-state index in [2.05, 4.69) is 34.5 Å². The van der Waals surface area contributed by atoms with Gasteiger partial charge in [-0.1, -0.05) is 47.5 Å². The van der Waals surface area contributed by atoms with Gasteiger partial charge in [0.2, 0.25) is 14.9 Å². The number of sulfone groups is 1. The number of rotatable bonds is 7. The number of amides is 1. The number of furan rings is 1. The summed E-state index contributed by atoms with van der Waals surface area (Å²) in [6.07, 6.45) is 0. The van der Waals surface area contributed by atoms with Gasteiger partial charge in [-0.15, -0.1) is 0 Å². The van der Waals surface area contributed by atoms with Gasteiger partial charge in [-0.25, -0.2) is 8.42 Å². The van der Waals surface area contributed by atoms with Crippen molar-refractivity contribution < 1.29 is 22.4 Å². The van der Waals surface area contributed by atoms with Crippen LogP contribution in [0.25, 0.3) is 0 Å². The van der Waals surface area contributed by atoms with E-state index in [1.807, 2.05) is 13.8 Å². The Morgan fingerprint density at radius 3 is 2.18 bits per heavy atom. The lowest BCUT2D eigenvalue weighted by molar-refractivity contribution is 0.0161. The number of benzene rings is 2. The Kier molecular flexibility index (Phi) is 6.97. The Morgan fingerprint density at radius 1 is 0.939 bits per heavy atom. The molecule has 1 unspecified atom stereocenters. The monoisotopic (exact) mass is 468 g/mol. The van der Waals surface area contributed by atoms with Crippen molar-refractivity contribution in [3.05, 3.63) is 83.1 Å². The molecule has 33 heavy (non-hydrogen) atoms. The molecule has 3 aromatic rings. The first-order valence-corrected chi connectivity index (χ1v) is 12.4. The zero-order valence-electron chi connectivity index (χ0n) is 18.8. The van der Waals surface area contributed by atoms with Gasteiger partial charge in [0.05, 0.1) is 24.2 Å². The van der Waals surface area contributed by atoms with Crippen molar-refractivity contribution in [1.82, 2.24) is 10.2 Å². The Morgan fingerprint density at radius 2 is 1.55 bits per heavy atom. The van der Waals surface area contributed by atoms with Crippen LogP contribution in [0.15, 0.2) is 75.1 Å². The zero-order chi connectivity index (χ0) is 23.4. The van der Waals surface area contributed by atoms with Crippen molar-refractivity contribution in [3.8, 4) is 0 Å². The molecule has 2 heterocycles. The van der Waals surface area contributed by atoms with Gasteiger partial charge in [0, 0.05) is 19.6 Å². The number of ether oxygens (including phenoxy) is 1. The summed E-state index contributed by atoms with van der Waals surface area (Å²) >= 11 is 0. The van der Waals surface area contributed by atoms with Crippen LogP contribution in [0.5, 0.6) is 0 Å². The van der Waals surface area contributed by atoms with Gasteiger partial charge in [-0.2, -0.15) is 0 Å². The Bertz CT molecular complexity index is 1190. The number of hydrogen-bond donors (Lipinski definition) is 1. The number of aryl methyl sites for hydroxylation is 2. The van der Waals surface area contributed by atoms with Gasteiger partial charge in [-0.3, -0.25) is 9.69 Å². The summed E-state index contributed by atoms with van der Waals surface area (Å²) in [5.41, 5.74) is 3.23. The quantitative estimate of drug-likeness (QED) is 0.571. The molecule has 0 saturated carbocycles. The van der Waals surface area contributed by atoms with Crippen LogP contribution in [0.4, 0.5) is 0 Å². The number of nitrogens with zero attached hydrogens (tertiary/aromatic N) is 1. The molecule has 1 amide bonds. The average Bonchev–Trinajstić information content (AvgIpc) is 3.33. The van der Waals surface area contributed by atoms with Crippen molar-refractivity contribution >= 4 is 15.7 Å². The second-order valence-corrected chi connectivity index (χ2v) is 10.1. The third-order valence-corrected chi connectivity index (χ3v) is 7.45. The first-order chi connectivity index (χ1) is 15.8. The second kappa shape index (κ2) is 9.91. The molecule has 1 N–H and O–H groups in total. The van der Waals surface area contributed by atoms with Crippen LogP contribution >= 0.6 is 0 Å².